The number of rotatable bonds is 7. The molecule has 0 aliphatic rings. The molecule has 0 aliphatic heterocycles. The molecule has 0 aliphatic carbocycles. The van der Waals surface area contributed by atoms with Crippen LogP contribution in [0.15, 0.2) is 39.2 Å². The molecule has 1 aromatic carbocycles. The summed E-state index contributed by atoms with van der Waals surface area (Å²) in [5, 5.41) is 6.11. The van der Waals surface area contributed by atoms with Gasteiger partial charge < -0.3 is 14.6 Å². The SMILES string of the molecule is Cc1cc(NC(=O)COC(=O)CCSc2nc3ccccc3s2)no1. The smallest absolute Gasteiger partial charge is 0.307 e. The minimum atomic E-state index is -0.458. The van der Waals surface area contributed by atoms with E-state index in [-0.39, 0.29) is 13.0 Å². The summed E-state index contributed by atoms with van der Waals surface area (Å²) >= 11 is 3.09. The molecule has 0 fully saturated rings. The van der Waals surface area contributed by atoms with Crippen molar-refractivity contribution in [2.75, 3.05) is 17.7 Å². The van der Waals surface area contributed by atoms with Crippen LogP contribution in [-0.4, -0.2) is 34.4 Å². The number of aryl methyl sites for hydroxylation is 1. The Morgan fingerprint density at radius 1 is 1.36 bits per heavy atom. The van der Waals surface area contributed by atoms with Gasteiger partial charge in [-0.2, -0.15) is 0 Å². The van der Waals surface area contributed by atoms with Crippen molar-refractivity contribution in [1.29, 1.82) is 0 Å². The number of carbonyl (C=O) groups excluding carboxylic acids is 2. The van der Waals surface area contributed by atoms with E-state index in [1.165, 1.54) is 11.8 Å². The number of esters is 1. The van der Waals surface area contributed by atoms with Gasteiger partial charge in [-0.25, -0.2) is 4.98 Å². The highest BCUT2D eigenvalue weighted by Gasteiger charge is 2.11. The van der Waals surface area contributed by atoms with Crippen molar-refractivity contribution in [3.8, 4) is 0 Å². The van der Waals surface area contributed by atoms with Gasteiger partial charge in [0, 0.05) is 11.8 Å². The number of thioether (sulfide) groups is 1. The van der Waals surface area contributed by atoms with Gasteiger partial charge in [-0.1, -0.05) is 29.1 Å². The van der Waals surface area contributed by atoms with Crippen LogP contribution in [-0.2, 0) is 14.3 Å². The van der Waals surface area contributed by atoms with Gasteiger partial charge in [0.1, 0.15) is 5.76 Å². The van der Waals surface area contributed by atoms with Crippen molar-refractivity contribution in [2.45, 2.75) is 17.7 Å². The van der Waals surface area contributed by atoms with E-state index in [2.05, 4.69) is 15.5 Å². The summed E-state index contributed by atoms with van der Waals surface area (Å²) in [6.45, 7) is 1.36. The normalized spacial score (nSPS) is 10.8. The fourth-order valence-electron chi connectivity index (χ4n) is 1.96. The predicted molar refractivity (Wildman–Crippen MR) is 95.8 cm³/mol. The molecule has 130 valence electrons. The average Bonchev–Trinajstić information content (AvgIpc) is 3.18. The molecule has 1 amide bonds. The monoisotopic (exact) mass is 377 g/mol. The number of para-hydroxylation sites is 1. The molecule has 0 radical (unpaired) electrons. The van der Waals surface area contributed by atoms with Crippen LogP contribution in [0.1, 0.15) is 12.2 Å². The summed E-state index contributed by atoms with van der Waals surface area (Å²) < 4.78 is 11.8. The first-order valence-corrected chi connectivity index (χ1v) is 9.27. The van der Waals surface area contributed by atoms with Crippen molar-refractivity contribution in [3.63, 3.8) is 0 Å². The molecule has 7 nitrogen and oxygen atoms in total. The molecule has 1 N–H and O–H groups in total. The molecule has 0 bridgehead atoms. The Labute approximate surface area is 151 Å². The predicted octanol–water partition coefficient (Wildman–Crippen LogP) is 3.26. The van der Waals surface area contributed by atoms with E-state index in [9.17, 15) is 9.59 Å². The Hall–Kier alpha value is -2.39. The fourth-order valence-corrected chi connectivity index (χ4v) is 4.02. The van der Waals surface area contributed by atoms with Crippen LogP contribution >= 0.6 is 23.1 Å². The van der Waals surface area contributed by atoms with Gasteiger partial charge in [0.15, 0.2) is 16.8 Å². The number of fused-ring (bicyclic) bond motifs is 1. The number of hydrogen-bond acceptors (Lipinski definition) is 8. The highest BCUT2D eigenvalue weighted by molar-refractivity contribution is 8.01. The Morgan fingerprint density at radius 2 is 2.20 bits per heavy atom. The van der Waals surface area contributed by atoms with Crippen LogP contribution in [0.2, 0.25) is 0 Å². The maximum Gasteiger partial charge on any atom is 0.307 e. The van der Waals surface area contributed by atoms with Crippen molar-refractivity contribution >= 4 is 51.0 Å². The van der Waals surface area contributed by atoms with Crippen LogP contribution in [0.4, 0.5) is 5.82 Å². The van der Waals surface area contributed by atoms with Gasteiger partial charge in [0.05, 0.1) is 16.6 Å². The number of thiazole rings is 1. The Balaban J connectivity index is 1.37. The second kappa shape index (κ2) is 8.13. The molecule has 2 heterocycles. The molecule has 2 aromatic heterocycles. The first-order chi connectivity index (χ1) is 12.1. The number of ether oxygens (including phenoxy) is 1. The summed E-state index contributed by atoms with van der Waals surface area (Å²) in [5.41, 5.74) is 0.956. The van der Waals surface area contributed by atoms with E-state index < -0.39 is 11.9 Å². The van der Waals surface area contributed by atoms with Crippen molar-refractivity contribution in [1.82, 2.24) is 10.1 Å². The van der Waals surface area contributed by atoms with Crippen LogP contribution < -0.4 is 5.32 Å². The highest BCUT2D eigenvalue weighted by Crippen LogP contribution is 2.29. The zero-order valence-electron chi connectivity index (χ0n) is 13.4. The Bertz CT molecular complexity index is 857. The topological polar surface area (TPSA) is 94.3 Å². The van der Waals surface area contributed by atoms with E-state index in [0.29, 0.717) is 17.3 Å². The fraction of sp³-hybridized carbons (Fsp3) is 0.250. The van der Waals surface area contributed by atoms with Gasteiger partial charge in [-0.3, -0.25) is 9.59 Å². The van der Waals surface area contributed by atoms with Gasteiger partial charge in [0.25, 0.3) is 5.91 Å². The van der Waals surface area contributed by atoms with Crippen LogP contribution in [0.25, 0.3) is 10.2 Å². The molecule has 0 saturated carbocycles. The zero-order valence-corrected chi connectivity index (χ0v) is 15.0. The van der Waals surface area contributed by atoms with E-state index in [1.54, 1.807) is 24.3 Å². The third kappa shape index (κ3) is 5.04. The van der Waals surface area contributed by atoms with Crippen LogP contribution in [0.3, 0.4) is 0 Å². The van der Waals surface area contributed by atoms with Gasteiger partial charge in [0.2, 0.25) is 0 Å². The minimum Gasteiger partial charge on any atom is -0.456 e. The lowest BCUT2D eigenvalue weighted by Gasteiger charge is -2.03. The number of hydrogen-bond donors (Lipinski definition) is 1. The maximum atomic E-state index is 11.7. The lowest BCUT2D eigenvalue weighted by atomic mass is 10.3. The molecular formula is C16H15N3O4S2. The minimum absolute atomic E-state index is 0.205. The van der Waals surface area contributed by atoms with Gasteiger partial charge >= 0.3 is 5.97 Å². The van der Waals surface area contributed by atoms with Crippen LogP contribution in [0, 0.1) is 6.92 Å². The summed E-state index contributed by atoms with van der Waals surface area (Å²) in [7, 11) is 0. The maximum absolute atomic E-state index is 11.7. The number of anilines is 1. The van der Waals surface area contributed by atoms with E-state index in [0.717, 1.165) is 14.6 Å². The standard InChI is InChI=1S/C16H15N3O4S2/c1-10-8-13(19-23-10)18-14(20)9-22-15(21)6-7-24-16-17-11-4-2-3-5-12(11)25-16/h2-5,8H,6-7,9H2,1H3,(H,18,19,20). The van der Waals surface area contributed by atoms with E-state index in [1.807, 2.05) is 24.3 Å². The number of benzene rings is 1. The summed E-state index contributed by atoms with van der Waals surface area (Å²) in [4.78, 5) is 27.8. The molecule has 0 atom stereocenters. The summed E-state index contributed by atoms with van der Waals surface area (Å²) in [6.07, 6.45) is 0.205. The Kier molecular flexibility index (Phi) is 5.67. The third-order valence-corrected chi connectivity index (χ3v) is 5.25. The highest BCUT2D eigenvalue weighted by atomic mass is 32.2. The van der Waals surface area contributed by atoms with Crippen molar-refractivity contribution < 1.29 is 18.8 Å². The molecule has 0 spiro atoms. The average molecular weight is 377 g/mol. The van der Waals surface area contributed by atoms with E-state index in [4.69, 9.17) is 9.26 Å². The van der Waals surface area contributed by atoms with Crippen LogP contribution in [0.5, 0.6) is 0 Å². The third-order valence-electron chi connectivity index (χ3n) is 3.07. The first-order valence-electron chi connectivity index (χ1n) is 7.47. The Morgan fingerprint density at radius 3 is 2.96 bits per heavy atom. The summed E-state index contributed by atoms with van der Waals surface area (Å²) in [5.74, 6) is 0.535. The summed E-state index contributed by atoms with van der Waals surface area (Å²) in [6, 6.07) is 9.46. The number of nitrogens with zero attached hydrogens (tertiary/aromatic N) is 2. The molecule has 25 heavy (non-hydrogen) atoms. The van der Waals surface area contributed by atoms with Gasteiger partial charge in [-0.05, 0) is 19.1 Å². The zero-order chi connectivity index (χ0) is 17.6. The second-order valence-corrected chi connectivity index (χ2v) is 7.45. The lowest BCUT2D eigenvalue weighted by molar-refractivity contribution is -0.146. The lowest BCUT2D eigenvalue weighted by Crippen LogP contribution is -2.21. The molecule has 0 unspecified atom stereocenters. The molecule has 3 aromatic rings. The van der Waals surface area contributed by atoms with Crippen molar-refractivity contribution in [2.24, 2.45) is 0 Å². The first kappa shape index (κ1) is 17.4. The number of nitrogens with one attached hydrogen (secondary N) is 1. The molecular weight excluding hydrogens is 362 g/mol. The number of amides is 1. The molecule has 3 rings (SSSR count). The number of aromatic nitrogens is 2. The molecule has 0 saturated heterocycles. The second-order valence-electron chi connectivity index (χ2n) is 5.08. The largest absolute Gasteiger partial charge is 0.456 e. The van der Waals surface area contributed by atoms with E-state index >= 15 is 0 Å². The van der Waals surface area contributed by atoms with Gasteiger partial charge in [-0.15, -0.1) is 11.3 Å². The quantitative estimate of drug-likeness (QED) is 0.499. The van der Waals surface area contributed by atoms with Crippen molar-refractivity contribution in [3.05, 3.63) is 36.1 Å². The number of carbonyl (C=O) groups is 2. The molecule has 9 heteroatoms.